The van der Waals surface area contributed by atoms with Crippen molar-refractivity contribution >= 4 is 23.7 Å². The van der Waals surface area contributed by atoms with E-state index in [1.54, 1.807) is 12.3 Å². The Balaban J connectivity index is 2.10. The minimum atomic E-state index is -0.323. The predicted molar refractivity (Wildman–Crippen MR) is 65.6 cm³/mol. The summed E-state index contributed by atoms with van der Waals surface area (Å²) in [4.78, 5) is 25.6. The SMILES string of the molecule is COC(=O)CCC1=NNC(=O)C1=Cc1ccc[nH]1. The number of aromatic amines is 1. The summed E-state index contributed by atoms with van der Waals surface area (Å²) >= 11 is 0. The van der Waals surface area contributed by atoms with Crippen molar-refractivity contribution in [1.29, 1.82) is 0 Å². The van der Waals surface area contributed by atoms with Crippen LogP contribution in [-0.2, 0) is 14.3 Å². The number of hydrogen-bond acceptors (Lipinski definition) is 4. The van der Waals surface area contributed by atoms with Crippen molar-refractivity contribution in [2.24, 2.45) is 5.10 Å². The third kappa shape index (κ3) is 2.65. The molecule has 0 atom stereocenters. The molecule has 0 aromatic carbocycles. The minimum absolute atomic E-state index is 0.201. The molecule has 2 N–H and O–H groups in total. The summed E-state index contributed by atoms with van der Waals surface area (Å²) in [6.07, 6.45) is 4.05. The highest BCUT2D eigenvalue weighted by Gasteiger charge is 2.23. The van der Waals surface area contributed by atoms with E-state index in [1.165, 1.54) is 7.11 Å². The van der Waals surface area contributed by atoms with Gasteiger partial charge in [0.1, 0.15) is 0 Å². The lowest BCUT2D eigenvalue weighted by Gasteiger charge is -2.00. The first-order valence-corrected chi connectivity index (χ1v) is 5.50. The number of esters is 1. The summed E-state index contributed by atoms with van der Waals surface area (Å²) in [5.74, 6) is -0.583. The van der Waals surface area contributed by atoms with E-state index in [1.807, 2.05) is 12.1 Å². The maximum Gasteiger partial charge on any atom is 0.305 e. The van der Waals surface area contributed by atoms with Gasteiger partial charge in [-0.1, -0.05) is 0 Å². The topological polar surface area (TPSA) is 83.5 Å². The number of carbonyl (C=O) groups excluding carboxylic acids is 2. The van der Waals surface area contributed by atoms with Crippen LogP contribution in [0, 0.1) is 0 Å². The molecular weight excluding hydrogens is 234 g/mol. The number of carbonyl (C=O) groups is 2. The van der Waals surface area contributed by atoms with Gasteiger partial charge in [0.05, 0.1) is 24.8 Å². The molecule has 1 aromatic heterocycles. The molecule has 0 fully saturated rings. The Morgan fingerprint density at radius 1 is 1.56 bits per heavy atom. The zero-order valence-electron chi connectivity index (χ0n) is 9.90. The largest absolute Gasteiger partial charge is 0.469 e. The molecule has 0 bridgehead atoms. The van der Waals surface area contributed by atoms with Crippen molar-refractivity contribution in [3.05, 3.63) is 29.6 Å². The van der Waals surface area contributed by atoms with Gasteiger partial charge in [-0.2, -0.15) is 5.10 Å². The molecule has 0 unspecified atom stereocenters. The van der Waals surface area contributed by atoms with Gasteiger partial charge in [0.2, 0.25) is 0 Å². The third-order valence-corrected chi connectivity index (χ3v) is 2.56. The van der Waals surface area contributed by atoms with Crippen LogP contribution < -0.4 is 5.43 Å². The molecular formula is C12H13N3O3. The molecule has 0 radical (unpaired) electrons. The van der Waals surface area contributed by atoms with Crippen molar-refractivity contribution in [1.82, 2.24) is 10.4 Å². The van der Waals surface area contributed by atoms with E-state index >= 15 is 0 Å². The first kappa shape index (κ1) is 12.1. The van der Waals surface area contributed by atoms with Crippen molar-refractivity contribution in [3.63, 3.8) is 0 Å². The van der Waals surface area contributed by atoms with Crippen molar-refractivity contribution in [2.45, 2.75) is 12.8 Å². The highest BCUT2D eigenvalue weighted by molar-refractivity contribution is 6.27. The average Bonchev–Trinajstić information content (AvgIpc) is 2.99. The summed E-state index contributed by atoms with van der Waals surface area (Å²) in [7, 11) is 1.33. The highest BCUT2D eigenvalue weighted by atomic mass is 16.5. The quantitative estimate of drug-likeness (QED) is 0.610. The van der Waals surface area contributed by atoms with Crippen LogP contribution in [0.3, 0.4) is 0 Å². The number of H-pyrrole nitrogens is 1. The zero-order valence-corrected chi connectivity index (χ0v) is 9.90. The molecule has 18 heavy (non-hydrogen) atoms. The van der Waals surface area contributed by atoms with Gasteiger partial charge in [0.15, 0.2) is 0 Å². The van der Waals surface area contributed by atoms with Gasteiger partial charge in [-0.3, -0.25) is 9.59 Å². The van der Waals surface area contributed by atoms with Gasteiger partial charge in [-0.05, 0) is 18.2 Å². The smallest absolute Gasteiger partial charge is 0.305 e. The summed E-state index contributed by atoms with van der Waals surface area (Å²) in [5, 5.41) is 3.91. The number of amides is 1. The molecule has 2 rings (SSSR count). The number of hydrazone groups is 1. The molecule has 6 nitrogen and oxygen atoms in total. The monoisotopic (exact) mass is 247 g/mol. The molecule has 2 heterocycles. The molecule has 0 saturated carbocycles. The van der Waals surface area contributed by atoms with Crippen molar-refractivity contribution in [3.8, 4) is 0 Å². The number of aromatic nitrogens is 1. The van der Waals surface area contributed by atoms with E-state index in [-0.39, 0.29) is 18.3 Å². The van der Waals surface area contributed by atoms with Gasteiger partial charge in [-0.25, -0.2) is 5.43 Å². The van der Waals surface area contributed by atoms with Gasteiger partial charge < -0.3 is 9.72 Å². The average molecular weight is 247 g/mol. The van der Waals surface area contributed by atoms with E-state index < -0.39 is 0 Å². The summed E-state index contributed by atoms with van der Waals surface area (Å²) in [6.45, 7) is 0. The van der Waals surface area contributed by atoms with Crippen LogP contribution in [0.5, 0.6) is 0 Å². The Labute approximate surface area is 104 Å². The fourth-order valence-corrected chi connectivity index (χ4v) is 1.62. The van der Waals surface area contributed by atoms with Crippen LogP contribution in [-0.4, -0.2) is 29.7 Å². The standard InChI is InChI=1S/C12H13N3O3/c1-18-11(16)5-4-10-9(12(17)15-14-10)7-8-3-2-6-13-8/h2-3,6-7,13H,4-5H2,1H3,(H,15,17). The normalized spacial score (nSPS) is 16.6. The summed E-state index contributed by atoms with van der Waals surface area (Å²) in [5.41, 5.74) is 4.24. The van der Waals surface area contributed by atoms with Crippen LogP contribution in [0.25, 0.3) is 6.08 Å². The minimum Gasteiger partial charge on any atom is -0.469 e. The second kappa shape index (κ2) is 5.31. The molecule has 6 heteroatoms. The molecule has 1 aliphatic heterocycles. The van der Waals surface area contributed by atoms with Gasteiger partial charge in [0.25, 0.3) is 5.91 Å². The molecule has 94 valence electrons. The van der Waals surface area contributed by atoms with E-state index in [9.17, 15) is 9.59 Å². The summed E-state index contributed by atoms with van der Waals surface area (Å²) < 4.78 is 4.55. The Bertz CT molecular complexity index is 515. The van der Waals surface area contributed by atoms with E-state index in [0.717, 1.165) is 5.69 Å². The van der Waals surface area contributed by atoms with E-state index in [2.05, 4.69) is 20.2 Å². The molecule has 0 spiro atoms. The summed E-state index contributed by atoms with van der Waals surface area (Å²) in [6, 6.07) is 3.68. The molecule has 1 aliphatic rings. The van der Waals surface area contributed by atoms with Crippen LogP contribution in [0.2, 0.25) is 0 Å². The number of nitrogens with zero attached hydrogens (tertiary/aromatic N) is 1. The molecule has 0 saturated heterocycles. The van der Waals surface area contributed by atoms with E-state index in [4.69, 9.17) is 0 Å². The van der Waals surface area contributed by atoms with Crippen molar-refractivity contribution in [2.75, 3.05) is 7.11 Å². The van der Waals surface area contributed by atoms with Gasteiger partial charge >= 0.3 is 5.97 Å². The molecule has 1 amide bonds. The number of nitrogens with one attached hydrogen (secondary N) is 2. The Kier molecular flexibility index (Phi) is 3.57. The number of ether oxygens (including phenoxy) is 1. The maximum absolute atomic E-state index is 11.6. The highest BCUT2D eigenvalue weighted by Crippen LogP contribution is 2.14. The lowest BCUT2D eigenvalue weighted by molar-refractivity contribution is -0.140. The lowest BCUT2D eigenvalue weighted by atomic mass is 10.1. The number of methoxy groups -OCH3 is 1. The fraction of sp³-hybridized carbons (Fsp3) is 0.250. The first-order valence-electron chi connectivity index (χ1n) is 5.50. The van der Waals surface area contributed by atoms with Crippen LogP contribution in [0.4, 0.5) is 0 Å². The molecule has 1 aromatic rings. The first-order chi connectivity index (χ1) is 8.70. The fourth-order valence-electron chi connectivity index (χ4n) is 1.62. The second-order valence-corrected chi connectivity index (χ2v) is 3.76. The Morgan fingerprint density at radius 3 is 3.06 bits per heavy atom. The third-order valence-electron chi connectivity index (χ3n) is 2.56. The van der Waals surface area contributed by atoms with Crippen LogP contribution in [0.1, 0.15) is 18.5 Å². The van der Waals surface area contributed by atoms with E-state index in [0.29, 0.717) is 17.7 Å². The Hall–Kier alpha value is -2.37. The molecule has 0 aliphatic carbocycles. The lowest BCUT2D eigenvalue weighted by Crippen LogP contribution is -2.13. The van der Waals surface area contributed by atoms with Crippen LogP contribution >= 0.6 is 0 Å². The Morgan fingerprint density at radius 2 is 2.39 bits per heavy atom. The van der Waals surface area contributed by atoms with Crippen molar-refractivity contribution < 1.29 is 14.3 Å². The van der Waals surface area contributed by atoms with Crippen LogP contribution in [0.15, 0.2) is 29.0 Å². The second-order valence-electron chi connectivity index (χ2n) is 3.76. The number of hydrogen-bond donors (Lipinski definition) is 2. The maximum atomic E-state index is 11.6. The predicted octanol–water partition coefficient (Wildman–Crippen LogP) is 0.837. The van der Waals surface area contributed by atoms with Gasteiger partial charge in [0, 0.05) is 18.3 Å². The van der Waals surface area contributed by atoms with Gasteiger partial charge in [-0.15, -0.1) is 0 Å². The zero-order chi connectivity index (χ0) is 13.0. The number of rotatable bonds is 4.